The molecule has 1 heterocycles. The molecule has 0 spiro atoms. The summed E-state index contributed by atoms with van der Waals surface area (Å²) in [5, 5.41) is 18.0. The fourth-order valence-corrected chi connectivity index (χ4v) is 2.40. The van der Waals surface area contributed by atoms with Crippen molar-refractivity contribution in [3.63, 3.8) is 0 Å². The Bertz CT molecular complexity index is 801. The first-order valence-corrected chi connectivity index (χ1v) is 7.25. The maximum atomic E-state index is 9.23. The Kier molecular flexibility index (Phi) is 4.17. The Morgan fingerprint density at radius 3 is 2.41 bits per heavy atom. The largest absolute Gasteiger partial charge is 0.243 e. The number of hydrogen-bond acceptors (Lipinski definition) is 3. The van der Waals surface area contributed by atoms with Crippen LogP contribution in [0.1, 0.15) is 22.5 Å². The third kappa shape index (κ3) is 3.16. The third-order valence-corrected chi connectivity index (χ3v) is 3.66. The fourth-order valence-electron chi connectivity index (χ4n) is 2.27. The van der Waals surface area contributed by atoms with Crippen LogP contribution >= 0.6 is 11.6 Å². The van der Waals surface area contributed by atoms with E-state index in [2.05, 4.69) is 16.4 Å². The number of hydrogen-bond donors (Lipinski definition) is 0. The predicted molar refractivity (Wildman–Crippen MR) is 84.5 cm³/mol. The standard InChI is InChI=1S/C17H13ClN4/c18-15-8-6-14(7-9-15)12-22-17(16(11-19)20-21-22)10-13-4-2-1-3-5-13/h1-9H,10,12H2. The van der Waals surface area contributed by atoms with Gasteiger partial charge in [-0.3, -0.25) is 0 Å². The molecule has 3 rings (SSSR count). The average molecular weight is 309 g/mol. The molecule has 0 bridgehead atoms. The molecule has 3 aromatic rings. The van der Waals surface area contributed by atoms with Crippen molar-refractivity contribution in [2.75, 3.05) is 0 Å². The summed E-state index contributed by atoms with van der Waals surface area (Å²) in [5.41, 5.74) is 3.38. The third-order valence-electron chi connectivity index (χ3n) is 3.40. The maximum absolute atomic E-state index is 9.23. The zero-order valence-corrected chi connectivity index (χ0v) is 12.5. The Morgan fingerprint density at radius 1 is 1.00 bits per heavy atom. The van der Waals surface area contributed by atoms with E-state index >= 15 is 0 Å². The molecule has 0 saturated heterocycles. The van der Waals surface area contributed by atoms with Crippen LogP contribution in [0.2, 0.25) is 5.02 Å². The zero-order chi connectivity index (χ0) is 15.4. The van der Waals surface area contributed by atoms with Gasteiger partial charge in [0, 0.05) is 11.4 Å². The molecule has 22 heavy (non-hydrogen) atoms. The summed E-state index contributed by atoms with van der Waals surface area (Å²) in [5.74, 6) is 0. The summed E-state index contributed by atoms with van der Waals surface area (Å²) in [6.45, 7) is 0.564. The SMILES string of the molecule is N#Cc1nnn(Cc2ccc(Cl)cc2)c1Cc1ccccc1. The highest BCUT2D eigenvalue weighted by atomic mass is 35.5. The molecule has 0 aliphatic carbocycles. The summed E-state index contributed by atoms with van der Waals surface area (Å²) in [4.78, 5) is 0. The van der Waals surface area contributed by atoms with Gasteiger partial charge in [0.1, 0.15) is 6.07 Å². The van der Waals surface area contributed by atoms with E-state index in [0.717, 1.165) is 16.8 Å². The van der Waals surface area contributed by atoms with E-state index in [1.165, 1.54) is 0 Å². The van der Waals surface area contributed by atoms with Gasteiger partial charge >= 0.3 is 0 Å². The first-order valence-electron chi connectivity index (χ1n) is 6.87. The van der Waals surface area contributed by atoms with Crippen molar-refractivity contribution < 1.29 is 0 Å². The fraction of sp³-hybridized carbons (Fsp3) is 0.118. The molecule has 1 aromatic heterocycles. The number of nitrogens with zero attached hydrogens (tertiary/aromatic N) is 4. The Hall–Kier alpha value is -2.64. The van der Waals surface area contributed by atoms with Crippen LogP contribution in [0.3, 0.4) is 0 Å². The van der Waals surface area contributed by atoms with Crippen molar-refractivity contribution in [1.29, 1.82) is 5.26 Å². The van der Waals surface area contributed by atoms with Gasteiger partial charge in [0.2, 0.25) is 0 Å². The van der Waals surface area contributed by atoms with E-state index < -0.39 is 0 Å². The molecular formula is C17H13ClN4. The van der Waals surface area contributed by atoms with Gasteiger partial charge in [0.15, 0.2) is 5.69 Å². The van der Waals surface area contributed by atoms with Crippen LogP contribution in [-0.4, -0.2) is 15.0 Å². The lowest BCUT2D eigenvalue weighted by atomic mass is 10.1. The van der Waals surface area contributed by atoms with Gasteiger partial charge < -0.3 is 0 Å². The summed E-state index contributed by atoms with van der Waals surface area (Å²) in [7, 11) is 0. The van der Waals surface area contributed by atoms with Gasteiger partial charge in [-0.05, 0) is 23.3 Å². The van der Waals surface area contributed by atoms with Crippen LogP contribution in [0.25, 0.3) is 0 Å². The van der Waals surface area contributed by atoms with Gasteiger partial charge in [-0.25, -0.2) is 4.68 Å². The normalized spacial score (nSPS) is 10.4. The highest BCUT2D eigenvalue weighted by molar-refractivity contribution is 6.30. The lowest BCUT2D eigenvalue weighted by Crippen LogP contribution is -2.07. The summed E-state index contributed by atoms with van der Waals surface area (Å²) in [6, 6.07) is 19.7. The van der Waals surface area contributed by atoms with E-state index in [9.17, 15) is 5.26 Å². The van der Waals surface area contributed by atoms with Crippen molar-refractivity contribution in [3.8, 4) is 6.07 Å². The molecule has 0 fully saturated rings. The van der Waals surface area contributed by atoms with Gasteiger partial charge in [0.05, 0.1) is 12.2 Å². The van der Waals surface area contributed by atoms with E-state index in [1.807, 2.05) is 54.6 Å². The van der Waals surface area contributed by atoms with Crippen LogP contribution < -0.4 is 0 Å². The monoisotopic (exact) mass is 308 g/mol. The first kappa shape index (κ1) is 14.3. The first-order chi connectivity index (χ1) is 10.8. The summed E-state index contributed by atoms with van der Waals surface area (Å²) < 4.78 is 1.77. The number of nitriles is 1. The number of benzene rings is 2. The van der Waals surface area contributed by atoms with Crippen LogP contribution in [0.15, 0.2) is 54.6 Å². The Labute approximate surface area is 133 Å². The average Bonchev–Trinajstić information content (AvgIpc) is 2.92. The molecule has 0 atom stereocenters. The maximum Gasteiger partial charge on any atom is 0.186 e. The Morgan fingerprint density at radius 2 is 1.73 bits per heavy atom. The van der Waals surface area contributed by atoms with Crippen LogP contribution in [0, 0.1) is 11.3 Å². The second kappa shape index (κ2) is 6.42. The minimum atomic E-state index is 0.373. The van der Waals surface area contributed by atoms with Crippen molar-refractivity contribution in [3.05, 3.63) is 82.1 Å². The minimum absolute atomic E-state index is 0.373. The molecule has 0 aliphatic rings. The molecule has 0 unspecified atom stereocenters. The highest BCUT2D eigenvalue weighted by Gasteiger charge is 2.13. The molecule has 0 radical (unpaired) electrons. The predicted octanol–water partition coefficient (Wildman–Crippen LogP) is 3.44. The smallest absolute Gasteiger partial charge is 0.186 e. The van der Waals surface area contributed by atoms with E-state index in [-0.39, 0.29) is 0 Å². The van der Waals surface area contributed by atoms with Crippen LogP contribution in [-0.2, 0) is 13.0 Å². The van der Waals surface area contributed by atoms with Crippen molar-refractivity contribution in [1.82, 2.24) is 15.0 Å². The minimum Gasteiger partial charge on any atom is -0.243 e. The van der Waals surface area contributed by atoms with Crippen LogP contribution in [0.5, 0.6) is 0 Å². The number of rotatable bonds is 4. The lowest BCUT2D eigenvalue weighted by Gasteiger charge is -2.07. The van der Waals surface area contributed by atoms with E-state index in [1.54, 1.807) is 4.68 Å². The van der Waals surface area contributed by atoms with Gasteiger partial charge in [-0.15, -0.1) is 5.10 Å². The molecule has 2 aromatic carbocycles. The number of aromatic nitrogens is 3. The lowest BCUT2D eigenvalue weighted by molar-refractivity contribution is 0.625. The molecule has 108 valence electrons. The van der Waals surface area contributed by atoms with Crippen molar-refractivity contribution >= 4 is 11.6 Å². The molecule has 4 nitrogen and oxygen atoms in total. The van der Waals surface area contributed by atoms with E-state index in [4.69, 9.17) is 11.6 Å². The summed E-state index contributed by atoms with van der Waals surface area (Å²) in [6.07, 6.45) is 0.629. The summed E-state index contributed by atoms with van der Waals surface area (Å²) >= 11 is 5.90. The zero-order valence-electron chi connectivity index (χ0n) is 11.8. The molecule has 0 amide bonds. The quantitative estimate of drug-likeness (QED) is 0.742. The van der Waals surface area contributed by atoms with Crippen LogP contribution in [0.4, 0.5) is 0 Å². The molecule has 0 saturated carbocycles. The second-order valence-corrected chi connectivity index (χ2v) is 5.38. The number of halogens is 1. The van der Waals surface area contributed by atoms with Gasteiger partial charge in [0.25, 0.3) is 0 Å². The van der Waals surface area contributed by atoms with E-state index in [0.29, 0.717) is 23.7 Å². The topological polar surface area (TPSA) is 54.5 Å². The highest BCUT2D eigenvalue weighted by Crippen LogP contribution is 2.15. The van der Waals surface area contributed by atoms with Crippen molar-refractivity contribution in [2.24, 2.45) is 0 Å². The molecule has 0 N–H and O–H groups in total. The van der Waals surface area contributed by atoms with Gasteiger partial charge in [-0.1, -0.05) is 59.3 Å². The Balaban J connectivity index is 1.90. The molecular weight excluding hydrogens is 296 g/mol. The second-order valence-electron chi connectivity index (χ2n) is 4.94. The molecule has 5 heteroatoms. The van der Waals surface area contributed by atoms with Gasteiger partial charge in [-0.2, -0.15) is 5.26 Å². The van der Waals surface area contributed by atoms with Crippen molar-refractivity contribution in [2.45, 2.75) is 13.0 Å². The molecule has 0 aliphatic heterocycles.